The van der Waals surface area contributed by atoms with E-state index in [1.165, 1.54) is 0 Å². The van der Waals surface area contributed by atoms with Crippen LogP contribution in [0.1, 0.15) is 6.42 Å². The summed E-state index contributed by atoms with van der Waals surface area (Å²) >= 11 is 1.83. The maximum atomic E-state index is 10.0. The summed E-state index contributed by atoms with van der Waals surface area (Å²) in [5.41, 5.74) is 0. The monoisotopic (exact) mass is 162 g/mol. The lowest BCUT2D eigenvalue weighted by Gasteiger charge is -2.24. The lowest BCUT2D eigenvalue weighted by atomic mass is 10.4. The third-order valence-corrected chi connectivity index (χ3v) is 2.49. The fraction of sp³-hybridized carbons (Fsp3) is 0.833. The summed E-state index contributed by atoms with van der Waals surface area (Å²) in [6, 6.07) is 0. The Morgan fingerprint density at radius 1 is 1.70 bits per heavy atom. The SMILES string of the molecule is O=C(O)CCOC1CSC1. The topological polar surface area (TPSA) is 46.5 Å². The van der Waals surface area contributed by atoms with Crippen molar-refractivity contribution in [1.29, 1.82) is 0 Å². The van der Waals surface area contributed by atoms with Gasteiger partial charge in [-0.3, -0.25) is 4.79 Å². The number of rotatable bonds is 4. The molecule has 58 valence electrons. The molecule has 1 heterocycles. The first-order valence-electron chi connectivity index (χ1n) is 3.20. The summed E-state index contributed by atoms with van der Waals surface area (Å²) in [7, 11) is 0. The van der Waals surface area contributed by atoms with E-state index in [2.05, 4.69) is 0 Å². The fourth-order valence-corrected chi connectivity index (χ4v) is 1.24. The Morgan fingerprint density at radius 2 is 2.40 bits per heavy atom. The minimum absolute atomic E-state index is 0.126. The van der Waals surface area contributed by atoms with Crippen molar-refractivity contribution in [3.05, 3.63) is 0 Å². The van der Waals surface area contributed by atoms with Crippen molar-refractivity contribution < 1.29 is 14.6 Å². The van der Waals surface area contributed by atoms with Gasteiger partial charge in [0.25, 0.3) is 0 Å². The summed E-state index contributed by atoms with van der Waals surface area (Å²) in [4.78, 5) is 10.0. The van der Waals surface area contributed by atoms with Gasteiger partial charge in [-0.15, -0.1) is 0 Å². The van der Waals surface area contributed by atoms with E-state index in [1.807, 2.05) is 11.8 Å². The largest absolute Gasteiger partial charge is 0.481 e. The number of hydrogen-bond acceptors (Lipinski definition) is 3. The van der Waals surface area contributed by atoms with E-state index >= 15 is 0 Å². The standard InChI is InChI=1S/C6H10O3S/c7-6(8)1-2-9-5-3-10-4-5/h5H,1-4H2,(H,7,8). The predicted octanol–water partition coefficient (Wildman–Crippen LogP) is 0.593. The van der Waals surface area contributed by atoms with Gasteiger partial charge in [0.2, 0.25) is 0 Å². The second-order valence-electron chi connectivity index (χ2n) is 2.17. The zero-order valence-corrected chi connectivity index (χ0v) is 6.39. The van der Waals surface area contributed by atoms with Crippen LogP contribution in [0.2, 0.25) is 0 Å². The molecule has 0 unspecified atom stereocenters. The maximum Gasteiger partial charge on any atom is 0.305 e. The second kappa shape index (κ2) is 3.83. The Hall–Kier alpha value is -0.220. The highest BCUT2D eigenvalue weighted by molar-refractivity contribution is 8.00. The summed E-state index contributed by atoms with van der Waals surface area (Å²) in [6.07, 6.45) is 0.450. The van der Waals surface area contributed by atoms with E-state index < -0.39 is 5.97 Å². The predicted molar refractivity (Wildman–Crippen MR) is 39.3 cm³/mol. The number of aliphatic carboxylic acids is 1. The van der Waals surface area contributed by atoms with Crippen molar-refractivity contribution in [3.8, 4) is 0 Å². The molecule has 10 heavy (non-hydrogen) atoms. The van der Waals surface area contributed by atoms with E-state index in [-0.39, 0.29) is 6.42 Å². The van der Waals surface area contributed by atoms with Gasteiger partial charge in [0.15, 0.2) is 0 Å². The van der Waals surface area contributed by atoms with Crippen molar-refractivity contribution in [2.24, 2.45) is 0 Å². The van der Waals surface area contributed by atoms with Gasteiger partial charge in [0, 0.05) is 11.5 Å². The molecule has 4 heteroatoms. The number of carboxylic acid groups (broad SMARTS) is 1. The molecule has 1 N–H and O–H groups in total. The van der Waals surface area contributed by atoms with Crippen LogP contribution in [0.25, 0.3) is 0 Å². The Bertz CT molecular complexity index is 122. The van der Waals surface area contributed by atoms with E-state index in [1.54, 1.807) is 0 Å². The lowest BCUT2D eigenvalue weighted by Crippen LogP contribution is -2.28. The average molecular weight is 162 g/mol. The van der Waals surface area contributed by atoms with Gasteiger partial charge < -0.3 is 9.84 Å². The number of ether oxygens (including phenoxy) is 1. The van der Waals surface area contributed by atoms with Crippen LogP contribution >= 0.6 is 11.8 Å². The van der Waals surface area contributed by atoms with E-state index in [0.717, 1.165) is 11.5 Å². The van der Waals surface area contributed by atoms with Gasteiger partial charge in [0.1, 0.15) is 0 Å². The molecule has 1 aliphatic heterocycles. The third kappa shape index (κ3) is 2.58. The Kier molecular flexibility index (Phi) is 3.02. The van der Waals surface area contributed by atoms with Crippen molar-refractivity contribution in [3.63, 3.8) is 0 Å². The smallest absolute Gasteiger partial charge is 0.305 e. The second-order valence-corrected chi connectivity index (χ2v) is 3.25. The van der Waals surface area contributed by atoms with Crippen molar-refractivity contribution in [2.45, 2.75) is 12.5 Å². The first-order chi connectivity index (χ1) is 4.79. The highest BCUT2D eigenvalue weighted by Crippen LogP contribution is 2.20. The molecule has 1 saturated heterocycles. The number of carboxylic acids is 1. The molecule has 0 aromatic carbocycles. The minimum atomic E-state index is -0.785. The Morgan fingerprint density at radius 3 is 2.80 bits per heavy atom. The highest BCUT2D eigenvalue weighted by Gasteiger charge is 2.18. The van der Waals surface area contributed by atoms with Gasteiger partial charge in [-0.25, -0.2) is 0 Å². The summed E-state index contributed by atoms with van der Waals surface area (Å²) in [6.45, 7) is 0.362. The van der Waals surface area contributed by atoms with Crippen LogP contribution in [0.4, 0.5) is 0 Å². The fourth-order valence-electron chi connectivity index (χ4n) is 0.623. The molecule has 0 aromatic rings. The molecule has 0 bridgehead atoms. The zero-order valence-electron chi connectivity index (χ0n) is 5.58. The van der Waals surface area contributed by atoms with Crippen LogP contribution < -0.4 is 0 Å². The van der Waals surface area contributed by atoms with E-state index in [9.17, 15) is 4.79 Å². The van der Waals surface area contributed by atoms with Crippen LogP contribution in [0.5, 0.6) is 0 Å². The van der Waals surface area contributed by atoms with Gasteiger partial charge in [0.05, 0.1) is 19.1 Å². The molecule has 0 saturated carbocycles. The minimum Gasteiger partial charge on any atom is -0.481 e. The van der Waals surface area contributed by atoms with Crippen molar-refractivity contribution in [1.82, 2.24) is 0 Å². The molecule has 0 aromatic heterocycles. The van der Waals surface area contributed by atoms with Crippen molar-refractivity contribution in [2.75, 3.05) is 18.1 Å². The molecule has 0 atom stereocenters. The zero-order chi connectivity index (χ0) is 7.40. The molecule has 0 aliphatic carbocycles. The molecular formula is C6H10O3S. The molecule has 0 radical (unpaired) electrons. The normalized spacial score (nSPS) is 18.4. The summed E-state index contributed by atoms with van der Waals surface area (Å²) < 4.78 is 5.19. The third-order valence-electron chi connectivity index (χ3n) is 1.28. The quantitative estimate of drug-likeness (QED) is 0.657. The molecule has 1 rings (SSSR count). The first-order valence-corrected chi connectivity index (χ1v) is 4.35. The molecule has 3 nitrogen and oxygen atoms in total. The molecule has 0 amide bonds. The summed E-state index contributed by atoms with van der Waals surface area (Å²) in [5.74, 6) is 1.27. The number of hydrogen-bond donors (Lipinski definition) is 1. The molecule has 0 spiro atoms. The summed E-state index contributed by atoms with van der Waals surface area (Å²) in [5, 5.41) is 8.23. The number of carbonyl (C=O) groups is 1. The van der Waals surface area contributed by atoms with Gasteiger partial charge in [-0.1, -0.05) is 0 Å². The molecule has 1 fully saturated rings. The lowest BCUT2D eigenvalue weighted by molar-refractivity contribution is -0.138. The molecule has 1 aliphatic rings. The maximum absolute atomic E-state index is 10.0. The van der Waals surface area contributed by atoms with E-state index in [4.69, 9.17) is 9.84 Å². The van der Waals surface area contributed by atoms with Gasteiger partial charge in [-0.05, 0) is 0 Å². The first kappa shape index (κ1) is 7.88. The van der Waals surface area contributed by atoms with Crippen LogP contribution in [-0.4, -0.2) is 35.3 Å². The average Bonchev–Trinajstić information content (AvgIpc) is 1.75. The van der Waals surface area contributed by atoms with Crippen LogP contribution in [0.3, 0.4) is 0 Å². The van der Waals surface area contributed by atoms with Crippen LogP contribution in [0.15, 0.2) is 0 Å². The van der Waals surface area contributed by atoms with E-state index in [0.29, 0.717) is 12.7 Å². The Balaban J connectivity index is 1.89. The van der Waals surface area contributed by atoms with Crippen LogP contribution in [0, 0.1) is 0 Å². The molecular weight excluding hydrogens is 152 g/mol. The highest BCUT2D eigenvalue weighted by atomic mass is 32.2. The van der Waals surface area contributed by atoms with Gasteiger partial charge >= 0.3 is 5.97 Å². The van der Waals surface area contributed by atoms with Gasteiger partial charge in [-0.2, -0.15) is 11.8 Å². The Labute approximate surface area is 63.8 Å². The number of thioether (sulfide) groups is 1. The van der Waals surface area contributed by atoms with Crippen molar-refractivity contribution >= 4 is 17.7 Å². The van der Waals surface area contributed by atoms with Crippen LogP contribution in [-0.2, 0) is 9.53 Å².